The van der Waals surface area contributed by atoms with Crippen LogP contribution in [0.25, 0.3) is 0 Å². The van der Waals surface area contributed by atoms with E-state index >= 15 is 0 Å². The van der Waals surface area contributed by atoms with Gasteiger partial charge in [-0.3, -0.25) is 9.59 Å². The highest BCUT2D eigenvalue weighted by atomic mass is 35.5. The van der Waals surface area contributed by atoms with Crippen molar-refractivity contribution in [2.75, 3.05) is 18.0 Å². The number of unbranched alkanes of at least 4 members (excludes halogenated alkanes) is 3. The molecule has 1 aliphatic rings. The zero-order chi connectivity index (χ0) is 16.8. The van der Waals surface area contributed by atoms with Crippen LogP contribution in [-0.2, 0) is 9.59 Å². The highest BCUT2D eigenvalue weighted by Gasteiger charge is 2.35. The SMILES string of the molecule is CCCCCCNC(=O)C1CC(=O)N(c2ccc(F)c(Cl)c2)C1. The van der Waals surface area contributed by atoms with Crippen LogP contribution >= 0.6 is 11.6 Å². The molecular formula is C17H22ClFN2O2. The van der Waals surface area contributed by atoms with Gasteiger partial charge in [-0.05, 0) is 24.6 Å². The molecule has 1 fully saturated rings. The van der Waals surface area contributed by atoms with Crippen molar-refractivity contribution in [2.45, 2.75) is 39.0 Å². The molecule has 1 aliphatic heterocycles. The van der Waals surface area contributed by atoms with E-state index in [1.807, 2.05) is 0 Å². The topological polar surface area (TPSA) is 49.4 Å². The fraction of sp³-hybridized carbons (Fsp3) is 0.529. The smallest absolute Gasteiger partial charge is 0.227 e. The predicted molar refractivity (Wildman–Crippen MR) is 89.0 cm³/mol. The molecule has 2 amide bonds. The standard InChI is InChI=1S/C17H22ClFN2O2/c1-2-3-4-5-8-20-17(23)12-9-16(22)21(11-12)13-6-7-15(19)14(18)10-13/h6-7,10,12H,2-5,8-9,11H2,1H3,(H,20,23). The van der Waals surface area contributed by atoms with Crippen LogP contribution in [0.4, 0.5) is 10.1 Å². The van der Waals surface area contributed by atoms with Crippen molar-refractivity contribution >= 4 is 29.1 Å². The zero-order valence-electron chi connectivity index (χ0n) is 13.3. The third-order valence-corrected chi connectivity index (χ3v) is 4.33. The molecule has 0 radical (unpaired) electrons. The molecule has 126 valence electrons. The number of anilines is 1. The summed E-state index contributed by atoms with van der Waals surface area (Å²) in [4.78, 5) is 25.7. The van der Waals surface area contributed by atoms with E-state index in [-0.39, 0.29) is 29.2 Å². The highest BCUT2D eigenvalue weighted by molar-refractivity contribution is 6.31. The predicted octanol–water partition coefficient (Wildman–Crippen LogP) is 3.53. The summed E-state index contributed by atoms with van der Waals surface area (Å²) < 4.78 is 13.2. The second-order valence-electron chi connectivity index (χ2n) is 5.86. The molecule has 1 aromatic rings. The Morgan fingerprint density at radius 3 is 2.87 bits per heavy atom. The van der Waals surface area contributed by atoms with Gasteiger partial charge in [-0.1, -0.05) is 37.8 Å². The van der Waals surface area contributed by atoms with Crippen LogP contribution in [0.3, 0.4) is 0 Å². The molecule has 1 aromatic carbocycles. The quantitative estimate of drug-likeness (QED) is 0.772. The third-order valence-electron chi connectivity index (χ3n) is 4.04. The largest absolute Gasteiger partial charge is 0.356 e. The second-order valence-corrected chi connectivity index (χ2v) is 6.26. The zero-order valence-corrected chi connectivity index (χ0v) is 14.0. The number of nitrogens with zero attached hydrogens (tertiary/aromatic N) is 1. The Balaban J connectivity index is 1.89. The number of amides is 2. The number of nitrogens with one attached hydrogen (secondary N) is 1. The van der Waals surface area contributed by atoms with Crippen molar-refractivity contribution in [3.05, 3.63) is 29.0 Å². The first-order chi connectivity index (χ1) is 11.0. The van der Waals surface area contributed by atoms with Gasteiger partial charge in [0.2, 0.25) is 11.8 Å². The summed E-state index contributed by atoms with van der Waals surface area (Å²) >= 11 is 5.76. The summed E-state index contributed by atoms with van der Waals surface area (Å²) in [6, 6.07) is 4.15. The molecule has 1 atom stereocenters. The molecular weight excluding hydrogens is 319 g/mol. The molecule has 1 N–H and O–H groups in total. The van der Waals surface area contributed by atoms with Crippen LogP contribution in [0.15, 0.2) is 18.2 Å². The lowest BCUT2D eigenvalue weighted by molar-refractivity contribution is -0.126. The van der Waals surface area contributed by atoms with Gasteiger partial charge in [0.15, 0.2) is 0 Å². The van der Waals surface area contributed by atoms with Crippen molar-refractivity contribution in [2.24, 2.45) is 5.92 Å². The van der Waals surface area contributed by atoms with Gasteiger partial charge >= 0.3 is 0 Å². The van der Waals surface area contributed by atoms with Gasteiger partial charge in [0, 0.05) is 25.2 Å². The molecule has 4 nitrogen and oxygen atoms in total. The fourth-order valence-electron chi connectivity index (χ4n) is 2.69. The van der Waals surface area contributed by atoms with E-state index in [1.165, 1.54) is 23.1 Å². The van der Waals surface area contributed by atoms with Gasteiger partial charge in [-0.25, -0.2) is 4.39 Å². The fourth-order valence-corrected chi connectivity index (χ4v) is 2.87. The van der Waals surface area contributed by atoms with Gasteiger partial charge < -0.3 is 10.2 Å². The number of carbonyl (C=O) groups is 2. The maximum Gasteiger partial charge on any atom is 0.227 e. The summed E-state index contributed by atoms with van der Waals surface area (Å²) in [6.45, 7) is 3.09. The average molecular weight is 341 g/mol. The molecule has 2 rings (SSSR count). The Morgan fingerprint density at radius 2 is 2.17 bits per heavy atom. The number of hydrogen-bond acceptors (Lipinski definition) is 2. The first-order valence-electron chi connectivity index (χ1n) is 8.06. The van der Waals surface area contributed by atoms with Crippen LogP contribution < -0.4 is 10.2 Å². The van der Waals surface area contributed by atoms with E-state index in [4.69, 9.17) is 11.6 Å². The molecule has 1 heterocycles. The Labute approximate surface area is 141 Å². The summed E-state index contributed by atoms with van der Waals surface area (Å²) in [5, 5.41) is 2.86. The minimum Gasteiger partial charge on any atom is -0.356 e. The minimum atomic E-state index is -0.525. The Kier molecular flexibility index (Phi) is 6.39. The first-order valence-corrected chi connectivity index (χ1v) is 8.44. The lowest BCUT2D eigenvalue weighted by atomic mass is 10.1. The Hall–Kier alpha value is -1.62. The van der Waals surface area contributed by atoms with Gasteiger partial charge in [0.1, 0.15) is 5.82 Å². The van der Waals surface area contributed by atoms with Crippen molar-refractivity contribution in [3.63, 3.8) is 0 Å². The lowest BCUT2D eigenvalue weighted by Gasteiger charge is -2.17. The van der Waals surface area contributed by atoms with Crippen molar-refractivity contribution < 1.29 is 14.0 Å². The van der Waals surface area contributed by atoms with Crippen molar-refractivity contribution in [1.82, 2.24) is 5.32 Å². The Bertz CT molecular complexity index is 580. The number of rotatable bonds is 7. The average Bonchev–Trinajstić information content (AvgIpc) is 2.92. The van der Waals surface area contributed by atoms with Crippen LogP contribution in [0.1, 0.15) is 39.0 Å². The Morgan fingerprint density at radius 1 is 1.39 bits per heavy atom. The normalized spacial score (nSPS) is 17.6. The van der Waals surface area contributed by atoms with Crippen molar-refractivity contribution in [1.29, 1.82) is 0 Å². The number of carbonyl (C=O) groups excluding carboxylic acids is 2. The summed E-state index contributed by atoms with van der Waals surface area (Å²) in [7, 11) is 0. The van der Waals surface area contributed by atoms with Crippen LogP contribution in [0.5, 0.6) is 0 Å². The summed E-state index contributed by atoms with van der Waals surface area (Å²) in [5.41, 5.74) is 0.527. The molecule has 0 bridgehead atoms. The monoisotopic (exact) mass is 340 g/mol. The number of halogens is 2. The van der Waals surface area contributed by atoms with E-state index < -0.39 is 5.82 Å². The van der Waals surface area contributed by atoms with E-state index in [1.54, 1.807) is 0 Å². The van der Waals surface area contributed by atoms with E-state index in [9.17, 15) is 14.0 Å². The molecule has 1 saturated heterocycles. The van der Waals surface area contributed by atoms with Gasteiger partial charge in [-0.15, -0.1) is 0 Å². The van der Waals surface area contributed by atoms with Gasteiger partial charge in [0.25, 0.3) is 0 Å². The molecule has 6 heteroatoms. The van der Waals surface area contributed by atoms with E-state index in [2.05, 4.69) is 12.2 Å². The first kappa shape index (κ1) is 17.7. The highest BCUT2D eigenvalue weighted by Crippen LogP contribution is 2.28. The van der Waals surface area contributed by atoms with Crippen LogP contribution in [0.2, 0.25) is 5.02 Å². The number of benzene rings is 1. The van der Waals surface area contributed by atoms with E-state index in [0.717, 1.165) is 25.7 Å². The molecule has 0 spiro atoms. The lowest BCUT2D eigenvalue weighted by Crippen LogP contribution is -2.33. The molecule has 23 heavy (non-hydrogen) atoms. The van der Waals surface area contributed by atoms with E-state index in [0.29, 0.717) is 18.8 Å². The minimum absolute atomic E-state index is 0.0286. The maximum atomic E-state index is 13.2. The molecule has 1 unspecified atom stereocenters. The third kappa shape index (κ3) is 4.67. The van der Waals surface area contributed by atoms with Crippen LogP contribution in [-0.4, -0.2) is 24.9 Å². The molecule has 0 saturated carbocycles. The van der Waals surface area contributed by atoms with Crippen molar-refractivity contribution in [3.8, 4) is 0 Å². The van der Waals surface area contributed by atoms with Gasteiger partial charge in [-0.2, -0.15) is 0 Å². The van der Waals surface area contributed by atoms with Crippen LogP contribution in [0, 0.1) is 11.7 Å². The number of hydrogen-bond donors (Lipinski definition) is 1. The van der Waals surface area contributed by atoms with Gasteiger partial charge in [0.05, 0.1) is 10.9 Å². The summed E-state index contributed by atoms with van der Waals surface area (Å²) in [5.74, 6) is -1.12. The molecule has 0 aliphatic carbocycles. The second kappa shape index (κ2) is 8.29. The molecule has 0 aromatic heterocycles. The maximum absolute atomic E-state index is 13.2. The summed E-state index contributed by atoms with van der Waals surface area (Å²) in [6.07, 6.45) is 4.55.